The number of halogens is 1. The number of hydrogen-bond donors (Lipinski definition) is 0. The van der Waals surface area contributed by atoms with Gasteiger partial charge in [-0.05, 0) is 0 Å². The smallest absolute Gasteiger partial charge is 0.339 e. The summed E-state index contributed by atoms with van der Waals surface area (Å²) in [6.45, 7) is 0. The van der Waals surface area contributed by atoms with E-state index < -0.39 is 33.5 Å². The van der Waals surface area contributed by atoms with Crippen LogP contribution in [0.1, 0.15) is 15.9 Å². The van der Waals surface area contributed by atoms with Crippen LogP contribution in [0.2, 0.25) is 0 Å². The van der Waals surface area contributed by atoms with Crippen LogP contribution in [0.3, 0.4) is 0 Å². The van der Waals surface area contributed by atoms with Crippen LogP contribution in [0, 0.1) is 27.3 Å². The summed E-state index contributed by atoms with van der Waals surface area (Å²) in [6, 6.07) is 2.82. The number of methoxy groups -OCH3 is 1. The fraction of sp³-hybridized carbons (Fsp3) is 0.111. The van der Waals surface area contributed by atoms with Crippen LogP contribution in [0.25, 0.3) is 0 Å². The van der Waals surface area contributed by atoms with Crippen molar-refractivity contribution in [1.29, 1.82) is 5.26 Å². The van der Waals surface area contributed by atoms with Gasteiger partial charge >= 0.3 is 5.97 Å². The second-order valence-electron chi connectivity index (χ2n) is 2.71. The topological polar surface area (TPSA) is 93.2 Å². The molecule has 0 amide bonds. The maximum atomic E-state index is 13.2. The lowest BCUT2D eigenvalue weighted by Crippen LogP contribution is -2.07. The van der Waals surface area contributed by atoms with Crippen molar-refractivity contribution < 1.29 is 18.8 Å². The predicted molar refractivity (Wildman–Crippen MR) is 49.1 cm³/mol. The molecule has 0 aliphatic rings. The number of carbonyl (C=O) groups is 1. The van der Waals surface area contributed by atoms with Crippen molar-refractivity contribution in [3.8, 4) is 6.07 Å². The van der Waals surface area contributed by atoms with Crippen molar-refractivity contribution in [3.63, 3.8) is 0 Å². The first-order valence-electron chi connectivity index (χ1n) is 3.97. The average Bonchev–Trinajstić information content (AvgIpc) is 2.26. The molecule has 0 aromatic heterocycles. The zero-order valence-corrected chi connectivity index (χ0v) is 8.06. The maximum Gasteiger partial charge on any atom is 0.339 e. The van der Waals surface area contributed by atoms with Gasteiger partial charge in [-0.2, -0.15) is 5.26 Å². The molecule has 6 nitrogen and oxygen atoms in total. The van der Waals surface area contributed by atoms with Gasteiger partial charge in [-0.3, -0.25) is 10.1 Å². The Hall–Kier alpha value is -2.49. The summed E-state index contributed by atoms with van der Waals surface area (Å²) >= 11 is 0. The lowest BCUT2D eigenvalue weighted by atomic mass is 10.1. The van der Waals surface area contributed by atoms with E-state index in [0.29, 0.717) is 6.07 Å². The van der Waals surface area contributed by atoms with Crippen LogP contribution in [0.4, 0.5) is 10.1 Å². The number of benzene rings is 1. The lowest BCUT2D eigenvalue weighted by Gasteiger charge is -2.02. The normalized spacial score (nSPS) is 9.31. The quantitative estimate of drug-likeness (QED) is 0.430. The van der Waals surface area contributed by atoms with Gasteiger partial charge in [-0.1, -0.05) is 0 Å². The molecule has 0 saturated heterocycles. The molecule has 1 aromatic carbocycles. The number of carbonyl (C=O) groups excluding carboxylic acids is 1. The molecule has 1 rings (SSSR count). The minimum absolute atomic E-state index is 0.461. The van der Waals surface area contributed by atoms with Crippen molar-refractivity contribution in [2.75, 3.05) is 7.11 Å². The number of non-ortho nitro benzene ring substituents is 1. The standard InChI is InChI=1S/C9H5FN2O4/c1-16-9(13)6-2-5(12(14)15)3-8(10)7(6)4-11/h2-3H,1H3. The van der Waals surface area contributed by atoms with Gasteiger partial charge in [0, 0.05) is 6.07 Å². The van der Waals surface area contributed by atoms with E-state index in [1.165, 1.54) is 6.07 Å². The Morgan fingerprint density at radius 1 is 1.62 bits per heavy atom. The molecule has 0 fully saturated rings. The number of nitrogens with zero attached hydrogens (tertiary/aromatic N) is 2. The molecule has 82 valence electrons. The first kappa shape index (κ1) is 11.6. The minimum atomic E-state index is -1.13. The van der Waals surface area contributed by atoms with E-state index in [1.54, 1.807) is 0 Å². The highest BCUT2D eigenvalue weighted by Crippen LogP contribution is 2.21. The Labute approximate surface area is 89.0 Å². The number of ether oxygens (including phenoxy) is 1. The van der Waals surface area contributed by atoms with Gasteiger partial charge in [-0.25, -0.2) is 9.18 Å². The SMILES string of the molecule is COC(=O)c1cc([N+](=O)[O-])cc(F)c1C#N. The first-order chi connectivity index (χ1) is 7.51. The summed E-state index contributed by atoms with van der Waals surface area (Å²) in [5.41, 5.74) is -1.65. The Kier molecular flexibility index (Phi) is 3.15. The molecule has 0 bridgehead atoms. The molecule has 0 aliphatic heterocycles. The van der Waals surface area contributed by atoms with Crippen LogP contribution < -0.4 is 0 Å². The molecule has 1 aromatic rings. The number of rotatable bonds is 2. The zero-order valence-electron chi connectivity index (χ0n) is 8.06. The number of esters is 1. The number of hydrogen-bond acceptors (Lipinski definition) is 5. The van der Waals surface area contributed by atoms with Gasteiger partial charge in [0.2, 0.25) is 0 Å². The van der Waals surface area contributed by atoms with E-state index in [9.17, 15) is 19.3 Å². The van der Waals surface area contributed by atoms with E-state index in [4.69, 9.17) is 5.26 Å². The van der Waals surface area contributed by atoms with E-state index >= 15 is 0 Å². The second-order valence-corrected chi connectivity index (χ2v) is 2.71. The summed E-state index contributed by atoms with van der Waals surface area (Å²) in [5, 5.41) is 19.0. The molecule has 7 heteroatoms. The second kappa shape index (κ2) is 4.35. The molecule has 16 heavy (non-hydrogen) atoms. The van der Waals surface area contributed by atoms with Crippen molar-refractivity contribution in [3.05, 3.63) is 39.2 Å². The first-order valence-corrected chi connectivity index (χ1v) is 3.97. The van der Waals surface area contributed by atoms with Gasteiger partial charge < -0.3 is 4.74 Å². The van der Waals surface area contributed by atoms with Gasteiger partial charge in [0.25, 0.3) is 5.69 Å². The molecule has 0 unspecified atom stereocenters. The highest BCUT2D eigenvalue weighted by molar-refractivity contribution is 5.93. The summed E-state index contributed by atoms with van der Waals surface area (Å²) in [4.78, 5) is 20.7. The van der Waals surface area contributed by atoms with Crippen LogP contribution in [0.5, 0.6) is 0 Å². The molecule has 0 N–H and O–H groups in total. The van der Waals surface area contributed by atoms with Crippen molar-refractivity contribution in [2.45, 2.75) is 0 Å². The third kappa shape index (κ3) is 1.95. The largest absolute Gasteiger partial charge is 0.465 e. The lowest BCUT2D eigenvalue weighted by molar-refractivity contribution is -0.385. The monoisotopic (exact) mass is 224 g/mol. The van der Waals surface area contributed by atoms with Crippen LogP contribution in [0.15, 0.2) is 12.1 Å². The molecular weight excluding hydrogens is 219 g/mol. The number of nitriles is 1. The average molecular weight is 224 g/mol. The molecule has 0 spiro atoms. The van der Waals surface area contributed by atoms with Gasteiger partial charge in [-0.15, -0.1) is 0 Å². The third-order valence-electron chi connectivity index (χ3n) is 1.80. The summed E-state index contributed by atoms with van der Waals surface area (Å²) < 4.78 is 17.5. The fourth-order valence-corrected chi connectivity index (χ4v) is 1.08. The van der Waals surface area contributed by atoms with Crippen LogP contribution >= 0.6 is 0 Å². The molecule has 0 heterocycles. The predicted octanol–water partition coefficient (Wildman–Crippen LogP) is 1.39. The Balaban J connectivity index is 3.50. The Morgan fingerprint density at radius 2 is 2.25 bits per heavy atom. The minimum Gasteiger partial charge on any atom is -0.465 e. The van der Waals surface area contributed by atoms with Gasteiger partial charge in [0.15, 0.2) is 0 Å². The van der Waals surface area contributed by atoms with Gasteiger partial charge in [0.05, 0.1) is 23.7 Å². The Bertz CT molecular complexity index is 507. The fourth-order valence-electron chi connectivity index (χ4n) is 1.08. The maximum absolute atomic E-state index is 13.2. The van der Waals surface area contributed by atoms with E-state index in [2.05, 4.69) is 4.74 Å². The molecule has 0 atom stereocenters. The third-order valence-corrected chi connectivity index (χ3v) is 1.80. The Morgan fingerprint density at radius 3 is 2.69 bits per heavy atom. The van der Waals surface area contributed by atoms with Crippen molar-refractivity contribution >= 4 is 11.7 Å². The molecule has 0 radical (unpaired) electrons. The highest BCUT2D eigenvalue weighted by atomic mass is 19.1. The van der Waals surface area contributed by atoms with E-state index in [0.717, 1.165) is 13.2 Å². The van der Waals surface area contributed by atoms with Crippen molar-refractivity contribution in [2.24, 2.45) is 0 Å². The van der Waals surface area contributed by atoms with Crippen LogP contribution in [-0.2, 0) is 4.74 Å². The number of nitro benzene ring substituents is 1. The van der Waals surface area contributed by atoms with Crippen LogP contribution in [-0.4, -0.2) is 18.0 Å². The van der Waals surface area contributed by atoms with Gasteiger partial charge in [0.1, 0.15) is 17.4 Å². The van der Waals surface area contributed by atoms with E-state index in [1.807, 2.05) is 0 Å². The summed E-state index contributed by atoms with van der Waals surface area (Å²) in [6.07, 6.45) is 0. The highest BCUT2D eigenvalue weighted by Gasteiger charge is 2.21. The zero-order chi connectivity index (χ0) is 12.3. The molecule has 0 saturated carbocycles. The van der Waals surface area contributed by atoms with Crippen molar-refractivity contribution in [1.82, 2.24) is 0 Å². The molecule has 0 aliphatic carbocycles. The molecular formula is C9H5FN2O4. The summed E-state index contributed by atoms with van der Waals surface area (Å²) in [7, 11) is 1.03. The number of nitro groups is 1. The van der Waals surface area contributed by atoms with E-state index in [-0.39, 0.29) is 0 Å². The summed E-state index contributed by atoms with van der Waals surface area (Å²) in [5.74, 6) is -2.13.